The molecule has 0 heterocycles. The molecule has 0 saturated heterocycles. The Morgan fingerprint density at radius 2 is 1.81 bits per heavy atom. The van der Waals surface area contributed by atoms with Gasteiger partial charge in [0, 0.05) is 23.7 Å². The van der Waals surface area contributed by atoms with Crippen molar-refractivity contribution in [2.75, 3.05) is 5.32 Å². The monoisotopic (exact) mass is 350 g/mol. The van der Waals surface area contributed by atoms with Crippen molar-refractivity contribution in [1.82, 2.24) is 5.32 Å². The van der Waals surface area contributed by atoms with Gasteiger partial charge < -0.3 is 10.6 Å². The molecular weight excluding hydrogens is 324 g/mol. The molecule has 4 nitrogen and oxygen atoms in total. The van der Waals surface area contributed by atoms with Gasteiger partial charge in [0.15, 0.2) is 0 Å². The van der Waals surface area contributed by atoms with Crippen LogP contribution >= 0.6 is 0 Å². The molecule has 0 spiro atoms. The molecule has 0 atom stereocenters. The summed E-state index contributed by atoms with van der Waals surface area (Å²) in [4.78, 5) is 24.7. The van der Waals surface area contributed by atoms with Gasteiger partial charge in [-0.25, -0.2) is 0 Å². The summed E-state index contributed by atoms with van der Waals surface area (Å²) < 4.78 is 0. The van der Waals surface area contributed by atoms with Crippen molar-refractivity contribution >= 4 is 17.5 Å². The van der Waals surface area contributed by atoms with E-state index < -0.39 is 0 Å². The van der Waals surface area contributed by atoms with Crippen LogP contribution in [0.1, 0.15) is 52.7 Å². The third kappa shape index (κ3) is 4.51. The second kappa shape index (κ2) is 8.17. The Morgan fingerprint density at radius 3 is 2.54 bits per heavy atom. The first-order valence-corrected chi connectivity index (χ1v) is 9.28. The first kappa shape index (κ1) is 18.2. The standard InChI is InChI=1S/C22H26N2O2/c1-15-10-11-20(16(2)12-15)22(26)23-14-17-6-5-9-19(13-17)24-21(25)18-7-3-4-8-18/h5-6,9-13,18H,3-4,7-8,14H2,1-2H3,(H,23,26)(H,24,25). The summed E-state index contributed by atoms with van der Waals surface area (Å²) in [7, 11) is 0. The van der Waals surface area contributed by atoms with E-state index in [0.29, 0.717) is 12.1 Å². The molecule has 2 amide bonds. The van der Waals surface area contributed by atoms with Crippen LogP contribution in [0.3, 0.4) is 0 Å². The SMILES string of the molecule is Cc1ccc(C(=O)NCc2cccc(NC(=O)C3CCCC3)c2)c(C)c1. The fourth-order valence-electron chi connectivity index (χ4n) is 3.54. The summed E-state index contributed by atoms with van der Waals surface area (Å²) in [5.74, 6) is 0.171. The third-order valence-electron chi connectivity index (χ3n) is 5.00. The molecule has 26 heavy (non-hydrogen) atoms. The molecule has 2 aromatic carbocycles. The average Bonchev–Trinajstić information content (AvgIpc) is 3.15. The molecule has 2 N–H and O–H groups in total. The Kier molecular flexibility index (Phi) is 5.71. The number of carbonyl (C=O) groups is 2. The van der Waals surface area contributed by atoms with Crippen LogP contribution in [-0.4, -0.2) is 11.8 Å². The number of hydrogen-bond donors (Lipinski definition) is 2. The Labute approximate surface area is 155 Å². The number of amides is 2. The highest BCUT2D eigenvalue weighted by Crippen LogP contribution is 2.26. The fraction of sp³-hybridized carbons (Fsp3) is 0.364. The first-order valence-electron chi connectivity index (χ1n) is 9.28. The largest absolute Gasteiger partial charge is 0.348 e. The first-order chi connectivity index (χ1) is 12.5. The van der Waals surface area contributed by atoms with Crippen LogP contribution in [0.5, 0.6) is 0 Å². The topological polar surface area (TPSA) is 58.2 Å². The molecule has 1 aliphatic carbocycles. The van der Waals surface area contributed by atoms with Gasteiger partial charge in [-0.1, -0.05) is 42.7 Å². The Balaban J connectivity index is 1.59. The summed E-state index contributed by atoms with van der Waals surface area (Å²) in [5, 5.41) is 5.97. The van der Waals surface area contributed by atoms with Crippen molar-refractivity contribution in [3.05, 3.63) is 64.7 Å². The lowest BCUT2D eigenvalue weighted by Gasteiger charge is -2.12. The molecule has 1 fully saturated rings. The number of rotatable bonds is 5. The maximum Gasteiger partial charge on any atom is 0.251 e. The second-order valence-corrected chi connectivity index (χ2v) is 7.17. The molecule has 1 saturated carbocycles. The van der Waals surface area contributed by atoms with E-state index in [1.54, 1.807) is 0 Å². The van der Waals surface area contributed by atoms with Gasteiger partial charge >= 0.3 is 0 Å². The molecule has 0 radical (unpaired) electrons. The Hall–Kier alpha value is -2.62. The maximum absolute atomic E-state index is 12.4. The van der Waals surface area contributed by atoms with E-state index in [-0.39, 0.29) is 17.7 Å². The molecule has 0 bridgehead atoms. The zero-order chi connectivity index (χ0) is 18.5. The quantitative estimate of drug-likeness (QED) is 0.841. The van der Waals surface area contributed by atoms with Gasteiger partial charge in [-0.05, 0) is 56.0 Å². The van der Waals surface area contributed by atoms with Crippen molar-refractivity contribution in [2.24, 2.45) is 5.92 Å². The minimum atomic E-state index is -0.0807. The van der Waals surface area contributed by atoms with Gasteiger partial charge in [-0.3, -0.25) is 9.59 Å². The van der Waals surface area contributed by atoms with E-state index in [9.17, 15) is 9.59 Å². The number of carbonyl (C=O) groups excluding carboxylic acids is 2. The van der Waals surface area contributed by atoms with Crippen LogP contribution in [0, 0.1) is 19.8 Å². The Morgan fingerprint density at radius 1 is 1.04 bits per heavy atom. The summed E-state index contributed by atoms with van der Waals surface area (Å²) in [6, 6.07) is 13.5. The average molecular weight is 350 g/mol. The minimum Gasteiger partial charge on any atom is -0.348 e. The number of anilines is 1. The third-order valence-corrected chi connectivity index (χ3v) is 5.00. The van der Waals surface area contributed by atoms with Gasteiger partial charge in [-0.2, -0.15) is 0 Å². The van der Waals surface area contributed by atoms with Crippen molar-refractivity contribution in [3.8, 4) is 0 Å². The van der Waals surface area contributed by atoms with E-state index in [2.05, 4.69) is 10.6 Å². The molecule has 0 unspecified atom stereocenters. The second-order valence-electron chi connectivity index (χ2n) is 7.17. The highest BCUT2D eigenvalue weighted by atomic mass is 16.2. The van der Waals surface area contributed by atoms with Crippen LogP contribution in [-0.2, 0) is 11.3 Å². The molecule has 3 rings (SSSR count). The highest BCUT2D eigenvalue weighted by Gasteiger charge is 2.22. The van der Waals surface area contributed by atoms with Gasteiger partial charge in [0.1, 0.15) is 0 Å². The molecule has 0 aliphatic heterocycles. The molecule has 136 valence electrons. The van der Waals surface area contributed by atoms with Gasteiger partial charge in [0.05, 0.1) is 0 Å². The molecule has 4 heteroatoms. The van der Waals surface area contributed by atoms with Gasteiger partial charge in [0.2, 0.25) is 5.91 Å². The maximum atomic E-state index is 12.4. The number of nitrogens with one attached hydrogen (secondary N) is 2. The lowest BCUT2D eigenvalue weighted by molar-refractivity contribution is -0.119. The van der Waals surface area contributed by atoms with Crippen LogP contribution in [0.15, 0.2) is 42.5 Å². The number of aryl methyl sites for hydroxylation is 2. The Bertz CT molecular complexity index is 808. The minimum absolute atomic E-state index is 0.0807. The van der Waals surface area contributed by atoms with Gasteiger partial charge in [0.25, 0.3) is 5.91 Å². The summed E-state index contributed by atoms with van der Waals surface area (Å²) in [6.07, 6.45) is 4.25. The van der Waals surface area contributed by atoms with Crippen molar-refractivity contribution < 1.29 is 9.59 Å². The van der Waals surface area contributed by atoms with Crippen molar-refractivity contribution in [1.29, 1.82) is 0 Å². The van der Waals surface area contributed by atoms with E-state index in [1.165, 1.54) is 0 Å². The molecule has 0 aromatic heterocycles. The predicted octanol–water partition coefficient (Wildman–Crippen LogP) is 4.36. The molecule has 2 aromatic rings. The summed E-state index contributed by atoms with van der Waals surface area (Å²) in [5.41, 5.74) is 4.57. The number of hydrogen-bond acceptors (Lipinski definition) is 2. The lowest BCUT2D eigenvalue weighted by atomic mass is 10.1. The van der Waals surface area contributed by atoms with Crippen LogP contribution < -0.4 is 10.6 Å². The normalized spacial score (nSPS) is 14.2. The highest BCUT2D eigenvalue weighted by molar-refractivity contribution is 5.95. The van der Waals surface area contributed by atoms with Crippen molar-refractivity contribution in [2.45, 2.75) is 46.1 Å². The van der Waals surface area contributed by atoms with Gasteiger partial charge in [-0.15, -0.1) is 0 Å². The van der Waals surface area contributed by atoms with Crippen LogP contribution in [0.2, 0.25) is 0 Å². The summed E-state index contributed by atoms with van der Waals surface area (Å²) >= 11 is 0. The van der Waals surface area contributed by atoms with E-state index in [0.717, 1.165) is 48.1 Å². The number of benzene rings is 2. The zero-order valence-corrected chi connectivity index (χ0v) is 15.5. The fourth-order valence-corrected chi connectivity index (χ4v) is 3.54. The van der Waals surface area contributed by atoms with Crippen molar-refractivity contribution in [3.63, 3.8) is 0 Å². The van der Waals surface area contributed by atoms with E-state index in [4.69, 9.17) is 0 Å². The predicted molar refractivity (Wildman–Crippen MR) is 104 cm³/mol. The molecule has 1 aliphatic rings. The van der Waals surface area contributed by atoms with E-state index in [1.807, 2.05) is 56.3 Å². The van der Waals surface area contributed by atoms with Crippen LogP contribution in [0.25, 0.3) is 0 Å². The summed E-state index contributed by atoms with van der Waals surface area (Å²) in [6.45, 7) is 4.39. The van der Waals surface area contributed by atoms with E-state index >= 15 is 0 Å². The lowest BCUT2D eigenvalue weighted by Crippen LogP contribution is -2.24. The smallest absolute Gasteiger partial charge is 0.251 e. The van der Waals surface area contributed by atoms with Crippen LogP contribution in [0.4, 0.5) is 5.69 Å². The molecular formula is C22H26N2O2. The zero-order valence-electron chi connectivity index (χ0n) is 15.5.